The highest BCUT2D eigenvalue weighted by Gasteiger charge is 2.22. The van der Waals surface area contributed by atoms with Crippen molar-refractivity contribution in [3.05, 3.63) is 40.3 Å². The molecule has 0 amide bonds. The van der Waals surface area contributed by atoms with E-state index >= 15 is 0 Å². The van der Waals surface area contributed by atoms with Gasteiger partial charge >= 0.3 is 0 Å². The third kappa shape index (κ3) is 2.54. The van der Waals surface area contributed by atoms with Crippen LogP contribution in [0.3, 0.4) is 0 Å². The van der Waals surface area contributed by atoms with Crippen LogP contribution in [0.4, 0.5) is 0 Å². The molecule has 0 atom stereocenters. The highest BCUT2D eigenvalue weighted by atomic mass is 35.5. The Morgan fingerprint density at radius 1 is 1.08 bits per heavy atom. The van der Waals surface area contributed by atoms with Crippen LogP contribution < -0.4 is 9.47 Å². The molecule has 0 spiro atoms. The molecule has 0 saturated heterocycles. The second kappa shape index (κ2) is 6.23. The second-order valence-electron chi connectivity index (χ2n) is 6.30. The van der Waals surface area contributed by atoms with Gasteiger partial charge in [-0.05, 0) is 50.3 Å². The SMILES string of the molecule is COc1ccc(-c2c(C)nn3c(Cl)c4c(nc23)CCCC4)cc1OC. The topological polar surface area (TPSA) is 48.7 Å². The Morgan fingerprint density at radius 2 is 1.84 bits per heavy atom. The number of halogens is 1. The lowest BCUT2D eigenvalue weighted by Crippen LogP contribution is -2.10. The van der Waals surface area contributed by atoms with Gasteiger partial charge in [-0.15, -0.1) is 0 Å². The molecule has 0 radical (unpaired) electrons. The zero-order chi connectivity index (χ0) is 17.6. The Bertz CT molecular complexity index is 965. The lowest BCUT2D eigenvalue weighted by atomic mass is 9.97. The van der Waals surface area contributed by atoms with E-state index in [1.807, 2.05) is 25.1 Å². The van der Waals surface area contributed by atoms with E-state index in [2.05, 4.69) is 5.10 Å². The minimum Gasteiger partial charge on any atom is -0.493 e. The normalized spacial score (nSPS) is 13.8. The number of ether oxygens (including phenoxy) is 2. The molecular formula is C19H20ClN3O2. The van der Waals surface area contributed by atoms with Crippen LogP contribution in [0.2, 0.25) is 5.15 Å². The largest absolute Gasteiger partial charge is 0.493 e. The molecule has 0 saturated carbocycles. The van der Waals surface area contributed by atoms with Crippen LogP contribution in [0.5, 0.6) is 11.5 Å². The van der Waals surface area contributed by atoms with Crippen LogP contribution in [-0.2, 0) is 12.8 Å². The summed E-state index contributed by atoms with van der Waals surface area (Å²) in [6.45, 7) is 1.98. The molecule has 2 heterocycles. The van der Waals surface area contributed by atoms with Crippen LogP contribution in [0.15, 0.2) is 18.2 Å². The maximum absolute atomic E-state index is 6.65. The molecule has 1 aliphatic carbocycles. The van der Waals surface area contributed by atoms with Crippen molar-refractivity contribution in [2.45, 2.75) is 32.6 Å². The Kier molecular flexibility index (Phi) is 4.04. The molecule has 0 aliphatic heterocycles. The summed E-state index contributed by atoms with van der Waals surface area (Å²) in [5.74, 6) is 1.38. The van der Waals surface area contributed by atoms with Gasteiger partial charge in [-0.2, -0.15) is 5.10 Å². The van der Waals surface area contributed by atoms with Gasteiger partial charge in [-0.1, -0.05) is 17.7 Å². The molecule has 130 valence electrons. The first-order valence-electron chi connectivity index (χ1n) is 8.43. The summed E-state index contributed by atoms with van der Waals surface area (Å²) < 4.78 is 12.6. The number of methoxy groups -OCH3 is 2. The van der Waals surface area contributed by atoms with Gasteiger partial charge in [0.2, 0.25) is 0 Å². The van der Waals surface area contributed by atoms with Gasteiger partial charge in [0.1, 0.15) is 5.15 Å². The van der Waals surface area contributed by atoms with Gasteiger partial charge in [0.25, 0.3) is 0 Å². The van der Waals surface area contributed by atoms with Crippen LogP contribution in [-0.4, -0.2) is 28.8 Å². The van der Waals surface area contributed by atoms with Gasteiger partial charge in [-0.25, -0.2) is 9.50 Å². The molecule has 0 bridgehead atoms. The maximum atomic E-state index is 6.65. The highest BCUT2D eigenvalue weighted by Crippen LogP contribution is 2.37. The average molecular weight is 358 g/mol. The van der Waals surface area contributed by atoms with Crippen LogP contribution in [0, 0.1) is 6.92 Å². The molecule has 0 fully saturated rings. The molecule has 25 heavy (non-hydrogen) atoms. The Hall–Kier alpha value is -2.27. The van der Waals surface area contributed by atoms with Crippen molar-refractivity contribution in [1.82, 2.24) is 14.6 Å². The van der Waals surface area contributed by atoms with Crippen LogP contribution >= 0.6 is 11.6 Å². The van der Waals surface area contributed by atoms with E-state index in [-0.39, 0.29) is 0 Å². The van der Waals surface area contributed by atoms with E-state index in [0.717, 1.165) is 59.4 Å². The number of rotatable bonds is 3. The Morgan fingerprint density at radius 3 is 2.60 bits per heavy atom. The van der Waals surface area contributed by atoms with E-state index in [1.165, 1.54) is 0 Å². The zero-order valence-electron chi connectivity index (χ0n) is 14.6. The second-order valence-corrected chi connectivity index (χ2v) is 6.66. The average Bonchev–Trinajstić information content (AvgIpc) is 2.97. The number of aryl methyl sites for hydroxylation is 2. The molecule has 2 aromatic heterocycles. The van der Waals surface area contributed by atoms with Crippen molar-refractivity contribution in [1.29, 1.82) is 0 Å². The van der Waals surface area contributed by atoms with Gasteiger partial charge in [0, 0.05) is 16.8 Å². The number of hydrogen-bond acceptors (Lipinski definition) is 4. The van der Waals surface area contributed by atoms with Crippen LogP contribution in [0.1, 0.15) is 29.8 Å². The monoisotopic (exact) mass is 357 g/mol. The fourth-order valence-electron chi connectivity index (χ4n) is 3.58. The van der Waals surface area contributed by atoms with E-state index in [4.69, 9.17) is 26.1 Å². The van der Waals surface area contributed by atoms with Crippen molar-refractivity contribution in [2.75, 3.05) is 14.2 Å². The third-order valence-electron chi connectivity index (χ3n) is 4.82. The summed E-state index contributed by atoms with van der Waals surface area (Å²) in [4.78, 5) is 4.92. The molecule has 5 nitrogen and oxygen atoms in total. The summed E-state index contributed by atoms with van der Waals surface area (Å²) >= 11 is 6.65. The minimum absolute atomic E-state index is 0.683. The standard InChI is InChI=1S/C19H20ClN3O2/c1-11-17(12-8-9-15(24-2)16(10-12)25-3)19-21-14-7-5-4-6-13(14)18(20)23(19)22-11/h8-10H,4-7H2,1-3H3. The third-order valence-corrected chi connectivity index (χ3v) is 5.21. The van der Waals surface area contributed by atoms with E-state index in [0.29, 0.717) is 16.7 Å². The smallest absolute Gasteiger partial charge is 0.165 e. The van der Waals surface area contributed by atoms with E-state index < -0.39 is 0 Å². The predicted molar refractivity (Wildman–Crippen MR) is 97.9 cm³/mol. The summed E-state index contributed by atoms with van der Waals surface area (Å²) in [5, 5.41) is 5.33. The first-order valence-corrected chi connectivity index (χ1v) is 8.80. The molecule has 6 heteroatoms. The molecule has 3 aromatic rings. The van der Waals surface area contributed by atoms with Crippen molar-refractivity contribution in [3.8, 4) is 22.6 Å². The minimum atomic E-state index is 0.683. The molecule has 4 rings (SSSR count). The molecule has 1 aromatic carbocycles. The van der Waals surface area contributed by atoms with E-state index in [1.54, 1.807) is 18.7 Å². The number of fused-ring (bicyclic) bond motifs is 2. The first kappa shape index (κ1) is 16.2. The molecular weight excluding hydrogens is 338 g/mol. The summed E-state index contributed by atoms with van der Waals surface area (Å²) in [5.41, 5.74) is 5.91. The molecule has 0 N–H and O–H groups in total. The van der Waals surface area contributed by atoms with Gasteiger partial charge in [-0.3, -0.25) is 0 Å². The summed E-state index contributed by atoms with van der Waals surface area (Å²) in [7, 11) is 3.27. The Balaban J connectivity index is 1.96. The number of hydrogen-bond donors (Lipinski definition) is 0. The van der Waals surface area contributed by atoms with Gasteiger partial charge < -0.3 is 9.47 Å². The lowest BCUT2D eigenvalue weighted by molar-refractivity contribution is 0.355. The van der Waals surface area contributed by atoms with Gasteiger partial charge in [0.05, 0.1) is 19.9 Å². The van der Waals surface area contributed by atoms with Crippen molar-refractivity contribution in [3.63, 3.8) is 0 Å². The van der Waals surface area contributed by atoms with Crippen LogP contribution in [0.25, 0.3) is 16.8 Å². The number of benzene rings is 1. The predicted octanol–water partition coefficient (Wildman–Crippen LogP) is 4.25. The zero-order valence-corrected chi connectivity index (χ0v) is 15.4. The number of nitrogens with zero attached hydrogens (tertiary/aromatic N) is 3. The number of aromatic nitrogens is 3. The van der Waals surface area contributed by atoms with E-state index in [9.17, 15) is 0 Å². The maximum Gasteiger partial charge on any atom is 0.165 e. The van der Waals surface area contributed by atoms with Gasteiger partial charge in [0.15, 0.2) is 17.1 Å². The summed E-state index contributed by atoms with van der Waals surface area (Å²) in [6, 6.07) is 5.86. The Labute approximate surface area is 151 Å². The lowest BCUT2D eigenvalue weighted by Gasteiger charge is -2.16. The molecule has 0 unspecified atom stereocenters. The first-order chi connectivity index (χ1) is 12.1. The highest BCUT2D eigenvalue weighted by molar-refractivity contribution is 6.30. The molecule has 1 aliphatic rings. The fraction of sp³-hybridized carbons (Fsp3) is 0.368. The van der Waals surface area contributed by atoms with Crippen molar-refractivity contribution < 1.29 is 9.47 Å². The van der Waals surface area contributed by atoms with Crippen molar-refractivity contribution >= 4 is 17.2 Å². The quantitative estimate of drug-likeness (QED) is 0.657. The van der Waals surface area contributed by atoms with Crippen molar-refractivity contribution in [2.24, 2.45) is 0 Å². The summed E-state index contributed by atoms with van der Waals surface area (Å²) in [6.07, 6.45) is 4.26. The fourth-order valence-corrected chi connectivity index (χ4v) is 3.90.